The Hall–Kier alpha value is -3.52. The first-order valence-corrected chi connectivity index (χ1v) is 9.95. The maximum Gasteiger partial charge on any atom is 0.306 e. The summed E-state index contributed by atoms with van der Waals surface area (Å²) in [7, 11) is 1.29. The number of fused-ring (bicyclic) bond motifs is 1. The molecule has 0 radical (unpaired) electrons. The van der Waals surface area contributed by atoms with Gasteiger partial charge in [-0.15, -0.1) is 0 Å². The Morgan fingerprint density at radius 1 is 1.16 bits per heavy atom. The van der Waals surface area contributed by atoms with Crippen molar-refractivity contribution in [2.45, 2.75) is 12.3 Å². The molecule has 0 unspecified atom stereocenters. The Balaban J connectivity index is 1.76. The SMILES string of the molecule is COC(=O)C[C@H](c1ccc(O)cc1)c1c(O)ccc2c1O/C(=C\N1CCOCC1)C2=O. The lowest BCUT2D eigenvalue weighted by Gasteiger charge is -2.25. The highest BCUT2D eigenvalue weighted by molar-refractivity contribution is 6.12. The van der Waals surface area contributed by atoms with Crippen molar-refractivity contribution in [1.29, 1.82) is 0 Å². The molecule has 8 nitrogen and oxygen atoms in total. The molecule has 8 heteroatoms. The van der Waals surface area contributed by atoms with Crippen LogP contribution in [0.15, 0.2) is 48.4 Å². The van der Waals surface area contributed by atoms with E-state index in [-0.39, 0.29) is 35.2 Å². The number of ketones is 1. The minimum atomic E-state index is -0.640. The Bertz CT molecular complexity index is 1020. The monoisotopic (exact) mass is 425 g/mol. The van der Waals surface area contributed by atoms with Crippen molar-refractivity contribution in [1.82, 2.24) is 4.90 Å². The summed E-state index contributed by atoms with van der Waals surface area (Å²) in [6.45, 7) is 2.43. The van der Waals surface area contributed by atoms with Gasteiger partial charge in [0.05, 0.1) is 32.3 Å². The predicted molar refractivity (Wildman–Crippen MR) is 110 cm³/mol. The van der Waals surface area contributed by atoms with Gasteiger partial charge in [0.1, 0.15) is 17.2 Å². The molecule has 0 amide bonds. The number of esters is 1. The second kappa shape index (κ2) is 8.69. The number of nitrogens with zero attached hydrogens (tertiary/aromatic N) is 1. The smallest absolute Gasteiger partial charge is 0.306 e. The molecule has 0 bridgehead atoms. The van der Waals surface area contributed by atoms with E-state index in [1.54, 1.807) is 18.3 Å². The third-order valence-electron chi connectivity index (χ3n) is 5.44. The van der Waals surface area contributed by atoms with E-state index in [9.17, 15) is 19.8 Å². The standard InChI is InChI=1S/C23H23NO7/c1-29-20(27)12-17(14-2-4-15(25)5-3-14)21-18(26)7-6-16-22(28)19(31-23(16)21)13-24-8-10-30-11-9-24/h2-7,13,17,25-26H,8-12H2,1H3/b19-13-/t17-/m1/s1. The number of morpholine rings is 1. The fraction of sp³-hybridized carbons (Fsp3) is 0.304. The van der Waals surface area contributed by atoms with Gasteiger partial charge >= 0.3 is 5.97 Å². The molecular formula is C23H23NO7. The number of benzene rings is 2. The largest absolute Gasteiger partial charge is 0.508 e. The summed E-state index contributed by atoms with van der Waals surface area (Å²) in [5.74, 6) is -1.04. The third-order valence-corrected chi connectivity index (χ3v) is 5.44. The zero-order valence-electron chi connectivity index (χ0n) is 17.0. The zero-order valence-corrected chi connectivity index (χ0v) is 17.0. The van der Waals surface area contributed by atoms with Gasteiger partial charge in [0.25, 0.3) is 0 Å². The van der Waals surface area contributed by atoms with Crippen LogP contribution in [0.4, 0.5) is 0 Å². The van der Waals surface area contributed by atoms with E-state index in [4.69, 9.17) is 14.2 Å². The summed E-state index contributed by atoms with van der Waals surface area (Å²) in [5.41, 5.74) is 1.31. The highest BCUT2D eigenvalue weighted by atomic mass is 16.5. The first-order valence-electron chi connectivity index (χ1n) is 9.95. The van der Waals surface area contributed by atoms with Crippen LogP contribution >= 0.6 is 0 Å². The van der Waals surface area contributed by atoms with Crippen LogP contribution in [-0.4, -0.2) is 60.3 Å². The average Bonchev–Trinajstić information content (AvgIpc) is 3.09. The minimum absolute atomic E-state index is 0.0743. The number of methoxy groups -OCH3 is 1. The molecule has 0 saturated carbocycles. The number of aromatic hydroxyl groups is 2. The number of allylic oxidation sites excluding steroid dienone is 1. The average molecular weight is 425 g/mol. The molecule has 4 rings (SSSR count). The molecule has 2 aliphatic heterocycles. The number of carbonyl (C=O) groups excluding carboxylic acids is 2. The van der Waals surface area contributed by atoms with Gasteiger partial charge in [0.2, 0.25) is 5.78 Å². The van der Waals surface area contributed by atoms with Crippen molar-refractivity contribution < 1.29 is 34.0 Å². The van der Waals surface area contributed by atoms with Crippen molar-refractivity contribution in [3.8, 4) is 17.2 Å². The second-order valence-electron chi connectivity index (χ2n) is 7.37. The van der Waals surface area contributed by atoms with E-state index in [0.717, 1.165) is 0 Å². The van der Waals surface area contributed by atoms with Crippen molar-refractivity contribution in [2.75, 3.05) is 33.4 Å². The molecular weight excluding hydrogens is 402 g/mol. The van der Waals surface area contributed by atoms with Gasteiger partial charge in [-0.25, -0.2) is 0 Å². The molecule has 0 spiro atoms. The van der Waals surface area contributed by atoms with Crippen LogP contribution in [0.2, 0.25) is 0 Å². The van der Waals surface area contributed by atoms with Crippen LogP contribution in [0.3, 0.4) is 0 Å². The van der Waals surface area contributed by atoms with E-state index in [0.29, 0.717) is 43.0 Å². The van der Waals surface area contributed by atoms with Crippen molar-refractivity contribution in [2.24, 2.45) is 0 Å². The Morgan fingerprint density at radius 3 is 2.55 bits per heavy atom. The van der Waals surface area contributed by atoms with Gasteiger partial charge in [-0.05, 0) is 29.8 Å². The number of carbonyl (C=O) groups is 2. The molecule has 31 heavy (non-hydrogen) atoms. The van der Waals surface area contributed by atoms with Crippen LogP contribution in [0, 0.1) is 0 Å². The van der Waals surface area contributed by atoms with E-state index in [1.165, 1.54) is 31.4 Å². The molecule has 0 aromatic heterocycles. The number of phenolic OH excluding ortho intramolecular Hbond substituents is 2. The van der Waals surface area contributed by atoms with Crippen LogP contribution in [-0.2, 0) is 14.3 Å². The van der Waals surface area contributed by atoms with E-state index >= 15 is 0 Å². The Kier molecular flexibility index (Phi) is 5.81. The number of hydrogen-bond donors (Lipinski definition) is 2. The molecule has 0 aliphatic carbocycles. The van der Waals surface area contributed by atoms with Crippen LogP contribution in [0.5, 0.6) is 17.2 Å². The molecule has 2 aromatic carbocycles. The third kappa shape index (κ3) is 4.20. The van der Waals surface area contributed by atoms with Gasteiger partial charge in [-0.1, -0.05) is 12.1 Å². The molecule has 2 aliphatic rings. The summed E-state index contributed by atoms with van der Waals surface area (Å²) >= 11 is 0. The zero-order chi connectivity index (χ0) is 22.0. The lowest BCUT2D eigenvalue weighted by molar-refractivity contribution is -0.140. The molecule has 2 aromatic rings. The van der Waals surface area contributed by atoms with Crippen molar-refractivity contribution in [3.05, 3.63) is 65.0 Å². The topological polar surface area (TPSA) is 106 Å². The normalized spacial score (nSPS) is 17.9. The Morgan fingerprint density at radius 2 is 1.87 bits per heavy atom. The molecule has 2 heterocycles. The van der Waals surface area contributed by atoms with Gasteiger partial charge in [-0.3, -0.25) is 9.59 Å². The maximum atomic E-state index is 13.0. The summed E-state index contributed by atoms with van der Waals surface area (Å²) in [6, 6.07) is 9.25. The molecule has 2 N–H and O–H groups in total. The van der Waals surface area contributed by atoms with Crippen molar-refractivity contribution >= 4 is 11.8 Å². The highest BCUT2D eigenvalue weighted by Crippen LogP contribution is 2.46. The fourth-order valence-corrected chi connectivity index (χ4v) is 3.80. The number of rotatable bonds is 5. The summed E-state index contributed by atoms with van der Waals surface area (Å²) < 4.78 is 16.1. The lowest BCUT2D eigenvalue weighted by atomic mass is 9.86. The number of Topliss-reactive ketones (excluding diaryl/α,β-unsaturated/α-hetero) is 1. The summed E-state index contributed by atoms with van der Waals surface area (Å²) in [5, 5.41) is 20.3. The minimum Gasteiger partial charge on any atom is -0.508 e. The molecule has 1 saturated heterocycles. The van der Waals surface area contributed by atoms with Gasteiger partial charge in [0, 0.05) is 30.8 Å². The highest BCUT2D eigenvalue weighted by Gasteiger charge is 2.35. The Labute approximate surface area is 179 Å². The predicted octanol–water partition coefficient (Wildman–Crippen LogP) is 2.54. The van der Waals surface area contributed by atoms with Gasteiger partial charge in [-0.2, -0.15) is 0 Å². The second-order valence-corrected chi connectivity index (χ2v) is 7.37. The quantitative estimate of drug-likeness (QED) is 0.556. The van der Waals surface area contributed by atoms with E-state index in [2.05, 4.69) is 0 Å². The summed E-state index contributed by atoms with van der Waals surface area (Å²) in [6.07, 6.45) is 1.59. The van der Waals surface area contributed by atoms with Crippen LogP contribution in [0.1, 0.15) is 33.8 Å². The van der Waals surface area contributed by atoms with Gasteiger partial charge in [0.15, 0.2) is 5.76 Å². The van der Waals surface area contributed by atoms with Gasteiger partial charge < -0.3 is 29.3 Å². The van der Waals surface area contributed by atoms with Crippen molar-refractivity contribution in [3.63, 3.8) is 0 Å². The molecule has 1 fully saturated rings. The van der Waals surface area contributed by atoms with Crippen LogP contribution < -0.4 is 4.74 Å². The number of ether oxygens (including phenoxy) is 3. The number of phenols is 2. The fourth-order valence-electron chi connectivity index (χ4n) is 3.80. The first kappa shape index (κ1) is 20.7. The van der Waals surface area contributed by atoms with Crippen LogP contribution in [0.25, 0.3) is 0 Å². The summed E-state index contributed by atoms with van der Waals surface area (Å²) in [4.78, 5) is 27.1. The lowest BCUT2D eigenvalue weighted by Crippen LogP contribution is -2.32. The molecule has 162 valence electrons. The molecule has 1 atom stereocenters. The maximum absolute atomic E-state index is 13.0. The van der Waals surface area contributed by atoms with E-state index in [1.807, 2.05) is 4.90 Å². The number of hydrogen-bond acceptors (Lipinski definition) is 8. The van der Waals surface area contributed by atoms with E-state index < -0.39 is 11.9 Å². The first-order chi connectivity index (χ1) is 15.0.